The van der Waals surface area contributed by atoms with Gasteiger partial charge in [-0.1, -0.05) is 24.3 Å². The van der Waals surface area contributed by atoms with E-state index in [2.05, 4.69) is 15.6 Å². The van der Waals surface area contributed by atoms with E-state index in [1.165, 1.54) is 0 Å². The number of hydrogen-bond donors (Lipinski definition) is 2. The molecule has 36 heavy (non-hydrogen) atoms. The van der Waals surface area contributed by atoms with Crippen molar-refractivity contribution in [2.24, 2.45) is 4.99 Å². The zero-order valence-electron chi connectivity index (χ0n) is 20.2. The predicted molar refractivity (Wildman–Crippen MR) is 136 cm³/mol. The molecule has 1 aromatic heterocycles. The van der Waals surface area contributed by atoms with E-state index < -0.39 is 6.04 Å². The molecule has 9 heteroatoms. The summed E-state index contributed by atoms with van der Waals surface area (Å²) in [7, 11) is 0. The van der Waals surface area contributed by atoms with Crippen LogP contribution in [0, 0.1) is 18.4 Å². The molecule has 5 rings (SSSR count). The number of carbonyl (C=O) groups excluding carboxylic acids is 2. The maximum atomic E-state index is 13.4. The third-order valence-electron chi connectivity index (χ3n) is 6.63. The van der Waals surface area contributed by atoms with Crippen LogP contribution in [0.2, 0.25) is 0 Å². The average Bonchev–Trinajstić information content (AvgIpc) is 3.42. The molecule has 1 fully saturated rings. The van der Waals surface area contributed by atoms with E-state index in [9.17, 15) is 14.9 Å². The second-order valence-corrected chi connectivity index (χ2v) is 9.24. The van der Waals surface area contributed by atoms with Crippen molar-refractivity contribution in [1.82, 2.24) is 15.1 Å². The highest BCUT2D eigenvalue weighted by atomic mass is 16.3. The van der Waals surface area contributed by atoms with Gasteiger partial charge in [-0.2, -0.15) is 5.26 Å². The van der Waals surface area contributed by atoms with Gasteiger partial charge in [-0.3, -0.25) is 14.9 Å². The van der Waals surface area contributed by atoms with Crippen LogP contribution in [-0.2, 0) is 22.7 Å². The van der Waals surface area contributed by atoms with Crippen LogP contribution in [0.5, 0.6) is 0 Å². The van der Waals surface area contributed by atoms with Crippen LogP contribution in [0.25, 0.3) is 11.0 Å². The highest BCUT2D eigenvalue weighted by molar-refractivity contribution is 5.98. The number of furan rings is 1. The summed E-state index contributed by atoms with van der Waals surface area (Å²) in [4.78, 5) is 34.4. The van der Waals surface area contributed by atoms with Gasteiger partial charge in [0.15, 0.2) is 6.19 Å². The van der Waals surface area contributed by atoms with Crippen LogP contribution in [0.4, 0.5) is 5.69 Å². The zero-order chi connectivity index (χ0) is 25.1. The van der Waals surface area contributed by atoms with Crippen molar-refractivity contribution < 1.29 is 14.0 Å². The van der Waals surface area contributed by atoms with Crippen LogP contribution >= 0.6 is 0 Å². The van der Waals surface area contributed by atoms with Gasteiger partial charge in [0.25, 0.3) is 0 Å². The van der Waals surface area contributed by atoms with Crippen LogP contribution in [0.15, 0.2) is 57.9 Å². The van der Waals surface area contributed by atoms with Gasteiger partial charge in [0.05, 0.1) is 6.54 Å². The van der Waals surface area contributed by atoms with E-state index >= 15 is 0 Å². The number of nitrogens with one attached hydrogen (secondary N) is 2. The summed E-state index contributed by atoms with van der Waals surface area (Å²) in [6.45, 7) is 3.57. The Morgan fingerprint density at radius 3 is 2.69 bits per heavy atom. The van der Waals surface area contributed by atoms with Crippen molar-refractivity contribution in [3.8, 4) is 6.19 Å². The first-order valence-corrected chi connectivity index (χ1v) is 12.1. The second-order valence-electron chi connectivity index (χ2n) is 9.24. The second kappa shape index (κ2) is 10.1. The number of nitriles is 1. The summed E-state index contributed by atoms with van der Waals surface area (Å²) < 4.78 is 5.62. The zero-order valence-corrected chi connectivity index (χ0v) is 20.2. The Morgan fingerprint density at radius 2 is 1.94 bits per heavy atom. The van der Waals surface area contributed by atoms with Gasteiger partial charge in [-0.25, -0.2) is 4.99 Å². The minimum atomic E-state index is -0.681. The van der Waals surface area contributed by atoms with E-state index in [1.807, 2.05) is 61.6 Å². The SMILES string of the molecule is Cc1cc2cc(NC(=N[C@H]3CCCCN(CC(=O)N4Cc5ccccc5C4)C3=O)NC#N)ccc2o1. The highest BCUT2D eigenvalue weighted by Gasteiger charge is 2.31. The fraction of sp³-hybridized carbons (Fsp3) is 0.333. The quantitative estimate of drug-likeness (QED) is 0.254. The average molecular weight is 485 g/mol. The van der Waals surface area contributed by atoms with Gasteiger partial charge in [-0.15, -0.1) is 0 Å². The van der Waals surface area contributed by atoms with Gasteiger partial charge >= 0.3 is 0 Å². The lowest BCUT2D eigenvalue weighted by Crippen LogP contribution is -2.44. The predicted octanol–water partition coefficient (Wildman–Crippen LogP) is 3.50. The fourth-order valence-corrected chi connectivity index (χ4v) is 4.83. The smallest absolute Gasteiger partial charge is 0.247 e. The lowest BCUT2D eigenvalue weighted by Gasteiger charge is -2.25. The molecule has 2 N–H and O–H groups in total. The minimum Gasteiger partial charge on any atom is -0.461 e. The van der Waals surface area contributed by atoms with E-state index in [0.29, 0.717) is 31.7 Å². The van der Waals surface area contributed by atoms with E-state index in [1.54, 1.807) is 9.80 Å². The Bertz CT molecular complexity index is 1350. The van der Waals surface area contributed by atoms with Crippen LogP contribution in [0.3, 0.4) is 0 Å². The highest BCUT2D eigenvalue weighted by Crippen LogP contribution is 2.24. The molecule has 0 unspecified atom stereocenters. The summed E-state index contributed by atoms with van der Waals surface area (Å²) in [5.41, 5.74) is 3.78. The number of aliphatic imine (C=N–C) groups is 1. The number of fused-ring (bicyclic) bond motifs is 2. The third kappa shape index (κ3) is 5.03. The van der Waals surface area contributed by atoms with Crippen molar-refractivity contribution in [1.29, 1.82) is 5.26 Å². The summed E-state index contributed by atoms with van der Waals surface area (Å²) >= 11 is 0. The molecule has 0 aliphatic carbocycles. The standard InChI is InChI=1S/C27H28N6O3/c1-18-12-21-13-22(9-10-24(21)36-18)30-27(29-17-28)31-23-8-4-5-11-32(26(23)35)16-25(34)33-14-19-6-2-3-7-20(19)15-33/h2-3,6-7,9-10,12-13,23H,4-5,8,11,14-16H2,1H3,(H2,29,30,31)/t23-/m0/s1. The van der Waals surface area contributed by atoms with Gasteiger partial charge in [-0.05, 0) is 61.6 Å². The Morgan fingerprint density at radius 1 is 1.17 bits per heavy atom. The number of amides is 2. The number of carbonyl (C=O) groups is 2. The molecule has 2 aromatic carbocycles. The number of hydrogen-bond acceptors (Lipinski definition) is 5. The van der Waals surface area contributed by atoms with E-state index in [4.69, 9.17) is 4.42 Å². The molecular weight excluding hydrogens is 456 g/mol. The molecule has 3 heterocycles. The van der Waals surface area contributed by atoms with Crippen LogP contribution < -0.4 is 10.6 Å². The molecule has 0 bridgehead atoms. The van der Waals surface area contributed by atoms with Crippen molar-refractivity contribution in [3.63, 3.8) is 0 Å². The first-order valence-electron chi connectivity index (χ1n) is 12.1. The third-order valence-corrected chi connectivity index (χ3v) is 6.63. The van der Waals surface area contributed by atoms with Crippen molar-refractivity contribution in [2.75, 3.05) is 18.4 Å². The number of anilines is 1. The fourth-order valence-electron chi connectivity index (χ4n) is 4.83. The molecule has 1 saturated heterocycles. The topological polar surface area (TPSA) is 114 Å². The van der Waals surface area contributed by atoms with E-state index in [-0.39, 0.29) is 24.3 Å². The molecule has 184 valence electrons. The minimum absolute atomic E-state index is 0.0315. The summed E-state index contributed by atoms with van der Waals surface area (Å²) in [5, 5.41) is 15.9. The van der Waals surface area contributed by atoms with Crippen molar-refractivity contribution >= 4 is 34.4 Å². The van der Waals surface area contributed by atoms with Gasteiger partial charge in [0.2, 0.25) is 17.8 Å². The number of likely N-dealkylation sites (tertiary alicyclic amines) is 1. The summed E-state index contributed by atoms with van der Waals surface area (Å²) in [5.74, 6) is 0.736. The van der Waals surface area contributed by atoms with Gasteiger partial charge in [0, 0.05) is 30.7 Å². The Kier molecular flexibility index (Phi) is 6.58. The van der Waals surface area contributed by atoms with Gasteiger partial charge < -0.3 is 19.5 Å². The molecule has 2 amide bonds. The molecule has 2 aliphatic rings. The Hall–Kier alpha value is -4.32. The first kappa shape index (κ1) is 23.4. The molecule has 2 aliphatic heterocycles. The maximum absolute atomic E-state index is 13.4. The lowest BCUT2D eigenvalue weighted by molar-refractivity contribution is -0.141. The molecule has 1 atom stereocenters. The maximum Gasteiger partial charge on any atom is 0.247 e. The van der Waals surface area contributed by atoms with Crippen LogP contribution in [0.1, 0.15) is 36.1 Å². The lowest BCUT2D eigenvalue weighted by atomic mass is 10.1. The number of rotatable bonds is 4. The largest absolute Gasteiger partial charge is 0.461 e. The normalized spacial score (nSPS) is 18.1. The molecule has 3 aromatic rings. The summed E-state index contributed by atoms with van der Waals surface area (Å²) in [6, 6.07) is 14.8. The number of benzene rings is 2. The Balaban J connectivity index is 1.29. The number of guanidine groups is 1. The van der Waals surface area contributed by atoms with E-state index in [0.717, 1.165) is 40.7 Å². The van der Waals surface area contributed by atoms with Gasteiger partial charge in [0.1, 0.15) is 17.4 Å². The molecular formula is C27H28N6O3. The van der Waals surface area contributed by atoms with Crippen molar-refractivity contribution in [2.45, 2.75) is 45.3 Å². The van der Waals surface area contributed by atoms with Crippen molar-refractivity contribution in [3.05, 3.63) is 65.4 Å². The van der Waals surface area contributed by atoms with Crippen LogP contribution in [-0.4, -0.2) is 46.7 Å². The number of nitrogens with zero attached hydrogens (tertiary/aromatic N) is 4. The molecule has 0 spiro atoms. The number of aryl methyl sites for hydroxylation is 1. The molecule has 0 radical (unpaired) electrons. The first-order chi connectivity index (χ1) is 17.5. The summed E-state index contributed by atoms with van der Waals surface area (Å²) in [6.07, 6.45) is 4.05. The monoisotopic (exact) mass is 484 g/mol. The molecule has 0 saturated carbocycles. The Labute approximate surface area is 209 Å². The molecule has 9 nitrogen and oxygen atoms in total.